The summed E-state index contributed by atoms with van der Waals surface area (Å²) in [4.78, 5) is 9.96. The van der Waals surface area contributed by atoms with Crippen molar-refractivity contribution in [2.45, 2.75) is 58.9 Å². The van der Waals surface area contributed by atoms with E-state index in [2.05, 4.69) is 41.2 Å². The van der Waals surface area contributed by atoms with E-state index < -0.39 is 0 Å². The third kappa shape index (κ3) is 6.98. The minimum Gasteiger partial charge on any atom is -0.357 e. The highest BCUT2D eigenvalue weighted by molar-refractivity contribution is 5.80. The van der Waals surface area contributed by atoms with Gasteiger partial charge in [-0.05, 0) is 64.6 Å². The second-order valence-electron chi connectivity index (χ2n) is 7.55. The predicted molar refractivity (Wildman–Crippen MR) is 104 cm³/mol. The standard InChI is InChI=1S/C19H39N5/c1-4-11-23-14-8-18(9-15-23)22-19(20-5-2)21-10-16-24-12-6-17(3)7-13-24/h17-18H,4-16H2,1-3H3,(H2,20,21,22). The quantitative estimate of drug-likeness (QED) is 0.552. The lowest BCUT2D eigenvalue weighted by atomic mass is 9.99. The van der Waals surface area contributed by atoms with Crippen molar-refractivity contribution in [1.29, 1.82) is 0 Å². The van der Waals surface area contributed by atoms with E-state index in [9.17, 15) is 0 Å². The lowest BCUT2D eigenvalue weighted by Crippen LogP contribution is -2.49. The van der Waals surface area contributed by atoms with E-state index in [4.69, 9.17) is 4.99 Å². The molecule has 0 radical (unpaired) electrons. The normalized spacial score (nSPS) is 22.7. The van der Waals surface area contributed by atoms with Gasteiger partial charge in [0.1, 0.15) is 0 Å². The zero-order valence-electron chi connectivity index (χ0n) is 16.2. The van der Waals surface area contributed by atoms with E-state index in [0.29, 0.717) is 6.04 Å². The van der Waals surface area contributed by atoms with Crippen LogP contribution in [0.4, 0.5) is 0 Å². The highest BCUT2D eigenvalue weighted by atomic mass is 15.2. The molecule has 140 valence electrons. The third-order valence-corrected chi connectivity index (χ3v) is 5.37. The van der Waals surface area contributed by atoms with E-state index in [1.165, 1.54) is 64.8 Å². The van der Waals surface area contributed by atoms with Crippen LogP contribution < -0.4 is 10.6 Å². The van der Waals surface area contributed by atoms with Crippen LogP contribution in [0.3, 0.4) is 0 Å². The Morgan fingerprint density at radius 1 is 0.958 bits per heavy atom. The summed E-state index contributed by atoms with van der Waals surface area (Å²) in [5.74, 6) is 1.92. The fraction of sp³-hybridized carbons (Fsp3) is 0.947. The summed E-state index contributed by atoms with van der Waals surface area (Å²) in [6.45, 7) is 15.9. The number of nitrogens with one attached hydrogen (secondary N) is 2. The first-order valence-corrected chi connectivity index (χ1v) is 10.2. The summed E-state index contributed by atoms with van der Waals surface area (Å²) in [6.07, 6.45) is 6.41. The van der Waals surface area contributed by atoms with Gasteiger partial charge in [-0.15, -0.1) is 0 Å². The molecule has 0 unspecified atom stereocenters. The molecule has 0 bridgehead atoms. The molecule has 0 saturated carbocycles. The topological polar surface area (TPSA) is 42.9 Å². The largest absolute Gasteiger partial charge is 0.357 e. The van der Waals surface area contributed by atoms with Crippen molar-refractivity contribution in [2.24, 2.45) is 10.9 Å². The first kappa shape index (κ1) is 19.5. The van der Waals surface area contributed by atoms with Crippen LogP contribution in [0.5, 0.6) is 0 Å². The van der Waals surface area contributed by atoms with Gasteiger partial charge in [-0.2, -0.15) is 0 Å². The molecule has 2 aliphatic rings. The molecule has 2 heterocycles. The van der Waals surface area contributed by atoms with Crippen molar-refractivity contribution < 1.29 is 0 Å². The molecule has 24 heavy (non-hydrogen) atoms. The van der Waals surface area contributed by atoms with Crippen molar-refractivity contribution in [1.82, 2.24) is 20.4 Å². The predicted octanol–water partition coefficient (Wildman–Crippen LogP) is 2.15. The van der Waals surface area contributed by atoms with E-state index in [0.717, 1.165) is 31.5 Å². The number of aliphatic imine (C=N–C) groups is 1. The Kier molecular flexibility index (Phi) is 8.89. The van der Waals surface area contributed by atoms with Gasteiger partial charge in [-0.3, -0.25) is 4.99 Å². The molecule has 2 saturated heterocycles. The summed E-state index contributed by atoms with van der Waals surface area (Å²) >= 11 is 0. The summed E-state index contributed by atoms with van der Waals surface area (Å²) in [6, 6.07) is 0.576. The Morgan fingerprint density at radius 3 is 2.21 bits per heavy atom. The SMILES string of the molecule is CCCN1CCC(NC(=NCCN2CCC(C)CC2)NCC)CC1. The van der Waals surface area contributed by atoms with Gasteiger partial charge >= 0.3 is 0 Å². The third-order valence-electron chi connectivity index (χ3n) is 5.37. The average Bonchev–Trinajstić information content (AvgIpc) is 2.59. The highest BCUT2D eigenvalue weighted by Crippen LogP contribution is 2.15. The number of nitrogens with zero attached hydrogens (tertiary/aromatic N) is 3. The zero-order valence-corrected chi connectivity index (χ0v) is 16.2. The number of rotatable bonds is 7. The number of likely N-dealkylation sites (tertiary alicyclic amines) is 2. The maximum Gasteiger partial charge on any atom is 0.191 e. The lowest BCUT2D eigenvalue weighted by Gasteiger charge is -2.33. The molecule has 0 aliphatic carbocycles. The van der Waals surface area contributed by atoms with Crippen molar-refractivity contribution in [2.75, 3.05) is 52.4 Å². The van der Waals surface area contributed by atoms with E-state index >= 15 is 0 Å². The maximum atomic E-state index is 4.82. The molecule has 0 aromatic carbocycles. The Hall–Kier alpha value is -0.810. The average molecular weight is 338 g/mol. The fourth-order valence-electron chi connectivity index (χ4n) is 3.72. The molecule has 2 rings (SSSR count). The van der Waals surface area contributed by atoms with E-state index in [1.54, 1.807) is 0 Å². The van der Waals surface area contributed by atoms with Crippen LogP contribution in [0.25, 0.3) is 0 Å². The maximum absolute atomic E-state index is 4.82. The van der Waals surface area contributed by atoms with Gasteiger partial charge in [-0.1, -0.05) is 13.8 Å². The molecule has 0 spiro atoms. The van der Waals surface area contributed by atoms with Gasteiger partial charge in [0.2, 0.25) is 0 Å². The second kappa shape index (κ2) is 10.9. The van der Waals surface area contributed by atoms with Crippen LogP contribution in [0, 0.1) is 5.92 Å². The van der Waals surface area contributed by atoms with Gasteiger partial charge < -0.3 is 20.4 Å². The summed E-state index contributed by atoms with van der Waals surface area (Å²) < 4.78 is 0. The Labute approximate surface area is 149 Å². The molecule has 2 N–H and O–H groups in total. The molecule has 5 heteroatoms. The molecular weight excluding hydrogens is 298 g/mol. The monoisotopic (exact) mass is 337 g/mol. The smallest absolute Gasteiger partial charge is 0.191 e. The van der Waals surface area contributed by atoms with Crippen LogP contribution in [-0.4, -0.2) is 74.2 Å². The van der Waals surface area contributed by atoms with Gasteiger partial charge in [0.25, 0.3) is 0 Å². The molecule has 2 aliphatic heterocycles. The van der Waals surface area contributed by atoms with Gasteiger partial charge in [0.05, 0.1) is 6.54 Å². The number of hydrogen-bond donors (Lipinski definition) is 2. The van der Waals surface area contributed by atoms with E-state index in [1.807, 2.05) is 0 Å². The Balaban J connectivity index is 1.70. The Morgan fingerprint density at radius 2 is 1.58 bits per heavy atom. The molecule has 0 aromatic heterocycles. The minimum absolute atomic E-state index is 0.576. The first-order valence-electron chi connectivity index (χ1n) is 10.2. The molecule has 5 nitrogen and oxygen atoms in total. The highest BCUT2D eigenvalue weighted by Gasteiger charge is 2.19. The number of piperidine rings is 2. The molecule has 0 atom stereocenters. The summed E-state index contributed by atoms with van der Waals surface area (Å²) in [5.41, 5.74) is 0. The number of guanidine groups is 1. The van der Waals surface area contributed by atoms with Gasteiger partial charge in [0.15, 0.2) is 5.96 Å². The van der Waals surface area contributed by atoms with Crippen LogP contribution >= 0.6 is 0 Å². The van der Waals surface area contributed by atoms with Crippen LogP contribution in [-0.2, 0) is 0 Å². The Bertz CT molecular complexity index is 355. The van der Waals surface area contributed by atoms with Gasteiger partial charge in [0, 0.05) is 32.2 Å². The van der Waals surface area contributed by atoms with Crippen LogP contribution in [0.2, 0.25) is 0 Å². The van der Waals surface area contributed by atoms with Crippen molar-refractivity contribution in [3.05, 3.63) is 0 Å². The van der Waals surface area contributed by atoms with Crippen LogP contribution in [0.15, 0.2) is 4.99 Å². The van der Waals surface area contributed by atoms with E-state index in [-0.39, 0.29) is 0 Å². The summed E-state index contributed by atoms with van der Waals surface area (Å²) in [5, 5.41) is 7.08. The van der Waals surface area contributed by atoms with Gasteiger partial charge in [-0.25, -0.2) is 0 Å². The fourth-order valence-corrected chi connectivity index (χ4v) is 3.72. The molecule has 0 aromatic rings. The zero-order chi connectivity index (χ0) is 17.2. The first-order chi connectivity index (χ1) is 11.7. The molecular formula is C19H39N5. The second-order valence-corrected chi connectivity index (χ2v) is 7.55. The number of hydrogen-bond acceptors (Lipinski definition) is 3. The van der Waals surface area contributed by atoms with Crippen molar-refractivity contribution >= 4 is 5.96 Å². The van der Waals surface area contributed by atoms with Crippen molar-refractivity contribution in [3.63, 3.8) is 0 Å². The minimum atomic E-state index is 0.576. The van der Waals surface area contributed by atoms with Crippen molar-refractivity contribution in [3.8, 4) is 0 Å². The molecule has 0 amide bonds. The van der Waals surface area contributed by atoms with Crippen LogP contribution in [0.1, 0.15) is 52.9 Å². The summed E-state index contributed by atoms with van der Waals surface area (Å²) in [7, 11) is 0. The lowest BCUT2D eigenvalue weighted by molar-refractivity contribution is 0.197. The molecule has 2 fully saturated rings.